The van der Waals surface area contributed by atoms with E-state index in [9.17, 15) is 5.11 Å². The Bertz CT molecular complexity index is 578. The van der Waals surface area contributed by atoms with Crippen LogP contribution in [0.3, 0.4) is 0 Å². The molecule has 2 aromatic rings. The van der Waals surface area contributed by atoms with Crippen molar-refractivity contribution in [3.63, 3.8) is 0 Å². The molecule has 0 aliphatic carbocycles. The predicted octanol–water partition coefficient (Wildman–Crippen LogP) is 2.22. The standard InChI is InChI=1S/C15H21N3O2/c1-4-18-11(2)13(10-17-18)9-16-8-12-6-5-7-14(20-3)15(12)19/h5-7,10,16,19H,4,8-9H2,1-3H3. The highest BCUT2D eigenvalue weighted by Gasteiger charge is 2.08. The molecule has 20 heavy (non-hydrogen) atoms. The van der Waals surface area contributed by atoms with Crippen LogP contribution in [0.25, 0.3) is 0 Å². The fraction of sp³-hybridized carbons (Fsp3) is 0.400. The van der Waals surface area contributed by atoms with Gasteiger partial charge in [-0.1, -0.05) is 12.1 Å². The van der Waals surface area contributed by atoms with Crippen molar-refractivity contribution in [2.45, 2.75) is 33.5 Å². The van der Waals surface area contributed by atoms with Crippen molar-refractivity contribution in [3.8, 4) is 11.5 Å². The number of aromatic nitrogens is 2. The molecule has 0 radical (unpaired) electrons. The predicted molar refractivity (Wildman–Crippen MR) is 77.8 cm³/mol. The summed E-state index contributed by atoms with van der Waals surface area (Å²) in [7, 11) is 1.55. The third-order valence-corrected chi connectivity index (χ3v) is 3.44. The first kappa shape index (κ1) is 14.4. The monoisotopic (exact) mass is 275 g/mol. The molecular formula is C15H21N3O2. The molecule has 0 fully saturated rings. The minimum atomic E-state index is 0.198. The summed E-state index contributed by atoms with van der Waals surface area (Å²) < 4.78 is 7.07. The van der Waals surface area contributed by atoms with Gasteiger partial charge in [-0.3, -0.25) is 4.68 Å². The Labute approximate surface area is 119 Å². The van der Waals surface area contributed by atoms with Gasteiger partial charge in [0.25, 0.3) is 0 Å². The highest BCUT2D eigenvalue weighted by atomic mass is 16.5. The normalized spacial score (nSPS) is 10.8. The van der Waals surface area contributed by atoms with Crippen molar-refractivity contribution in [2.24, 2.45) is 0 Å². The number of aromatic hydroxyl groups is 1. The number of nitrogens with zero attached hydrogens (tertiary/aromatic N) is 2. The number of para-hydroxylation sites is 1. The van der Waals surface area contributed by atoms with Gasteiger partial charge in [0, 0.05) is 36.5 Å². The van der Waals surface area contributed by atoms with Crippen molar-refractivity contribution in [1.82, 2.24) is 15.1 Å². The molecule has 1 aromatic heterocycles. The lowest BCUT2D eigenvalue weighted by Crippen LogP contribution is -2.13. The average molecular weight is 275 g/mol. The van der Waals surface area contributed by atoms with Gasteiger partial charge in [0.1, 0.15) is 0 Å². The molecule has 0 aliphatic rings. The topological polar surface area (TPSA) is 59.3 Å². The summed E-state index contributed by atoms with van der Waals surface area (Å²) in [6, 6.07) is 5.50. The molecule has 2 N–H and O–H groups in total. The van der Waals surface area contributed by atoms with Gasteiger partial charge in [-0.15, -0.1) is 0 Å². The van der Waals surface area contributed by atoms with E-state index in [4.69, 9.17) is 4.74 Å². The molecule has 2 rings (SSSR count). The first-order valence-corrected chi connectivity index (χ1v) is 6.74. The van der Waals surface area contributed by atoms with Crippen LogP contribution in [0.15, 0.2) is 24.4 Å². The molecule has 0 saturated heterocycles. The van der Waals surface area contributed by atoms with Gasteiger partial charge < -0.3 is 15.2 Å². The van der Waals surface area contributed by atoms with Crippen molar-refractivity contribution >= 4 is 0 Å². The zero-order valence-corrected chi connectivity index (χ0v) is 12.2. The molecule has 0 unspecified atom stereocenters. The molecular weight excluding hydrogens is 254 g/mol. The van der Waals surface area contributed by atoms with Crippen LogP contribution in [0.1, 0.15) is 23.7 Å². The molecule has 108 valence electrons. The summed E-state index contributed by atoms with van der Waals surface area (Å²) in [4.78, 5) is 0. The molecule has 0 spiro atoms. The Morgan fingerprint density at radius 3 is 2.70 bits per heavy atom. The fourth-order valence-corrected chi connectivity index (χ4v) is 2.18. The summed E-state index contributed by atoms with van der Waals surface area (Å²) in [5.41, 5.74) is 3.17. The molecule has 0 bridgehead atoms. The number of ether oxygens (including phenoxy) is 1. The highest BCUT2D eigenvalue weighted by molar-refractivity contribution is 5.45. The maximum Gasteiger partial charge on any atom is 0.162 e. The minimum absolute atomic E-state index is 0.198. The smallest absolute Gasteiger partial charge is 0.162 e. The third kappa shape index (κ3) is 2.93. The van der Waals surface area contributed by atoms with Crippen LogP contribution in [0.5, 0.6) is 11.5 Å². The molecule has 5 nitrogen and oxygen atoms in total. The van der Waals surface area contributed by atoms with Crippen molar-refractivity contribution < 1.29 is 9.84 Å². The molecule has 0 aliphatic heterocycles. The van der Waals surface area contributed by atoms with E-state index >= 15 is 0 Å². The molecule has 0 amide bonds. The van der Waals surface area contributed by atoms with E-state index in [1.165, 1.54) is 11.3 Å². The zero-order chi connectivity index (χ0) is 14.5. The van der Waals surface area contributed by atoms with Gasteiger partial charge in [-0.2, -0.15) is 5.10 Å². The molecule has 1 aromatic carbocycles. The first-order chi connectivity index (χ1) is 9.67. The third-order valence-electron chi connectivity index (χ3n) is 3.44. The largest absolute Gasteiger partial charge is 0.504 e. The van der Waals surface area contributed by atoms with E-state index < -0.39 is 0 Å². The van der Waals surface area contributed by atoms with E-state index in [-0.39, 0.29) is 5.75 Å². The maximum absolute atomic E-state index is 10.0. The quantitative estimate of drug-likeness (QED) is 0.848. The fourth-order valence-electron chi connectivity index (χ4n) is 2.18. The number of phenolic OH excluding ortho intramolecular Hbond substituents is 1. The number of phenols is 1. The van der Waals surface area contributed by atoms with Crippen LogP contribution < -0.4 is 10.1 Å². The van der Waals surface area contributed by atoms with E-state index in [1.54, 1.807) is 13.2 Å². The van der Waals surface area contributed by atoms with Crippen molar-refractivity contribution in [1.29, 1.82) is 0 Å². The Hall–Kier alpha value is -2.01. The summed E-state index contributed by atoms with van der Waals surface area (Å²) in [5.74, 6) is 0.697. The Morgan fingerprint density at radius 2 is 2.05 bits per heavy atom. The molecule has 5 heteroatoms. The SMILES string of the molecule is CCn1ncc(CNCc2cccc(OC)c2O)c1C. The number of methoxy groups -OCH3 is 1. The van der Waals surface area contributed by atoms with Gasteiger partial charge in [0.05, 0.1) is 13.3 Å². The van der Waals surface area contributed by atoms with Gasteiger partial charge >= 0.3 is 0 Å². The first-order valence-electron chi connectivity index (χ1n) is 6.74. The Morgan fingerprint density at radius 1 is 1.30 bits per heavy atom. The number of rotatable bonds is 6. The Kier molecular flexibility index (Phi) is 4.63. The molecule has 1 heterocycles. The van der Waals surface area contributed by atoms with Crippen molar-refractivity contribution in [2.75, 3.05) is 7.11 Å². The second-order valence-electron chi connectivity index (χ2n) is 4.64. The summed E-state index contributed by atoms with van der Waals surface area (Å²) in [6.45, 7) is 6.33. The van der Waals surface area contributed by atoms with Gasteiger partial charge in [-0.25, -0.2) is 0 Å². The minimum Gasteiger partial charge on any atom is -0.504 e. The number of aryl methyl sites for hydroxylation is 1. The number of hydrogen-bond donors (Lipinski definition) is 2. The van der Waals surface area contributed by atoms with E-state index in [2.05, 4.69) is 24.3 Å². The van der Waals surface area contributed by atoms with Gasteiger partial charge in [0.15, 0.2) is 11.5 Å². The van der Waals surface area contributed by atoms with Crippen LogP contribution in [0, 0.1) is 6.92 Å². The van der Waals surface area contributed by atoms with Crippen LogP contribution >= 0.6 is 0 Å². The van der Waals surface area contributed by atoms with Crippen LogP contribution in [-0.2, 0) is 19.6 Å². The van der Waals surface area contributed by atoms with E-state index in [1.807, 2.05) is 23.0 Å². The maximum atomic E-state index is 10.0. The zero-order valence-electron chi connectivity index (χ0n) is 12.2. The van der Waals surface area contributed by atoms with Gasteiger partial charge in [0.2, 0.25) is 0 Å². The molecule has 0 saturated carbocycles. The summed E-state index contributed by atoms with van der Waals surface area (Å²) >= 11 is 0. The lowest BCUT2D eigenvalue weighted by molar-refractivity contribution is 0.369. The van der Waals surface area contributed by atoms with Crippen LogP contribution in [0.2, 0.25) is 0 Å². The van der Waals surface area contributed by atoms with Crippen LogP contribution in [0.4, 0.5) is 0 Å². The Balaban J connectivity index is 1.97. The lowest BCUT2D eigenvalue weighted by atomic mass is 10.1. The van der Waals surface area contributed by atoms with E-state index in [0.29, 0.717) is 12.3 Å². The summed E-state index contributed by atoms with van der Waals surface area (Å²) in [6.07, 6.45) is 1.89. The van der Waals surface area contributed by atoms with Crippen molar-refractivity contribution in [3.05, 3.63) is 41.2 Å². The second kappa shape index (κ2) is 6.43. The van der Waals surface area contributed by atoms with Gasteiger partial charge in [-0.05, 0) is 19.9 Å². The number of hydrogen-bond acceptors (Lipinski definition) is 4. The summed E-state index contributed by atoms with van der Waals surface area (Å²) in [5, 5.41) is 17.6. The van der Waals surface area contributed by atoms with Crippen LogP contribution in [-0.4, -0.2) is 22.0 Å². The highest BCUT2D eigenvalue weighted by Crippen LogP contribution is 2.29. The average Bonchev–Trinajstić information content (AvgIpc) is 2.81. The number of benzene rings is 1. The second-order valence-corrected chi connectivity index (χ2v) is 4.64. The lowest BCUT2D eigenvalue weighted by Gasteiger charge is -2.09. The van der Waals surface area contributed by atoms with E-state index in [0.717, 1.165) is 18.7 Å². The molecule has 0 atom stereocenters. The number of nitrogens with one attached hydrogen (secondary N) is 1.